The molecule has 0 unspecified atom stereocenters. The Hall–Kier alpha value is -4.76. The Kier molecular flexibility index (Phi) is 3.84. The van der Waals surface area contributed by atoms with Crippen molar-refractivity contribution in [2.24, 2.45) is 0 Å². The van der Waals surface area contributed by atoms with E-state index < -0.39 is 0 Å². The predicted octanol–water partition coefficient (Wildman–Crippen LogP) is 7.64. The van der Waals surface area contributed by atoms with E-state index in [0.717, 1.165) is 0 Å². The molecule has 0 atom stereocenters. The molecule has 44 heavy (non-hydrogen) atoms. The lowest BCUT2D eigenvalue weighted by molar-refractivity contribution is 0.666. The van der Waals surface area contributed by atoms with Gasteiger partial charge in [0.1, 0.15) is 0 Å². The maximum Gasteiger partial charge on any atom is 0.252 e. The summed E-state index contributed by atoms with van der Waals surface area (Å²) in [5.74, 6) is 0. The van der Waals surface area contributed by atoms with Crippen molar-refractivity contribution in [3.05, 3.63) is 125 Å². The third-order valence-electron chi connectivity index (χ3n) is 11.7. The lowest BCUT2D eigenvalue weighted by Gasteiger charge is -2.35. The highest BCUT2D eigenvalue weighted by molar-refractivity contribution is 7.00. The Morgan fingerprint density at radius 3 is 1.48 bits per heavy atom. The molecule has 0 radical (unpaired) electrons. The number of benzene rings is 5. The normalized spacial score (nSPS) is 16.6. The lowest BCUT2D eigenvalue weighted by Crippen LogP contribution is -2.59. The van der Waals surface area contributed by atoms with Crippen molar-refractivity contribution in [1.29, 1.82) is 0 Å². The molecule has 4 aliphatic rings. The molecule has 5 aromatic carbocycles. The smallest absolute Gasteiger partial charge is 0.252 e. The third kappa shape index (κ3) is 2.32. The molecule has 7 aromatic rings. The summed E-state index contributed by atoms with van der Waals surface area (Å²) in [6.07, 6.45) is 0. The highest BCUT2D eigenvalue weighted by Gasteiger charge is 2.48. The first-order valence-electron chi connectivity index (χ1n) is 16.0. The number of fused-ring (bicyclic) bond motifs is 14. The standard InChI is InChI=1S/C41H31BN2/c1-22-20-31-35-32(21-22)44-37-26(34-39(44)24-13-7-9-17-28(24)41(34,4)5)15-11-19-30(37)42(35)29-18-10-14-25-33-38(43(31)36(25)29)23-12-6-8-16-27(23)40(33,2)3/h6-21H,1-5H3. The quantitative estimate of drug-likeness (QED) is 0.168. The highest BCUT2D eigenvalue weighted by Crippen LogP contribution is 2.56. The molecule has 0 amide bonds. The van der Waals surface area contributed by atoms with Crippen LogP contribution in [0.4, 0.5) is 0 Å². The van der Waals surface area contributed by atoms with E-state index in [2.05, 4.69) is 141 Å². The van der Waals surface area contributed by atoms with Crippen molar-refractivity contribution in [3.63, 3.8) is 0 Å². The van der Waals surface area contributed by atoms with Gasteiger partial charge in [-0.05, 0) is 63.3 Å². The van der Waals surface area contributed by atoms with E-state index in [1.807, 2.05) is 0 Å². The van der Waals surface area contributed by atoms with E-state index in [1.165, 1.54) is 99.9 Å². The van der Waals surface area contributed by atoms with Crippen LogP contribution in [0.5, 0.6) is 0 Å². The number of aromatic nitrogens is 2. The van der Waals surface area contributed by atoms with Crippen LogP contribution in [0.15, 0.2) is 97.1 Å². The number of para-hydroxylation sites is 2. The fourth-order valence-corrected chi connectivity index (χ4v) is 10.1. The SMILES string of the molecule is Cc1cc2c3c(c1)-n1c4c(c5cccc(c51)B3c1cccc3c5c(n-2c13)-c1ccccc1C5(C)C)C(C)(C)c1ccccc1-4. The third-order valence-corrected chi connectivity index (χ3v) is 11.7. The van der Waals surface area contributed by atoms with Gasteiger partial charge in [-0.3, -0.25) is 0 Å². The second kappa shape index (κ2) is 7.13. The van der Waals surface area contributed by atoms with Crippen LogP contribution in [0, 0.1) is 6.92 Å². The summed E-state index contributed by atoms with van der Waals surface area (Å²) in [6.45, 7) is 12.1. The predicted molar refractivity (Wildman–Crippen MR) is 185 cm³/mol. The van der Waals surface area contributed by atoms with Crippen molar-refractivity contribution >= 4 is 44.9 Å². The molecule has 0 N–H and O–H groups in total. The molecular formula is C41H31BN2. The Morgan fingerprint density at radius 2 is 1.00 bits per heavy atom. The molecule has 0 saturated carbocycles. The van der Waals surface area contributed by atoms with E-state index in [1.54, 1.807) is 0 Å². The largest absolute Gasteiger partial charge is 0.310 e. The summed E-state index contributed by atoms with van der Waals surface area (Å²) in [7, 11) is 0. The van der Waals surface area contributed by atoms with E-state index in [-0.39, 0.29) is 17.5 Å². The lowest BCUT2D eigenvalue weighted by atomic mass is 9.34. The van der Waals surface area contributed by atoms with Gasteiger partial charge in [0.15, 0.2) is 0 Å². The summed E-state index contributed by atoms with van der Waals surface area (Å²) < 4.78 is 5.31. The first kappa shape index (κ1) is 23.7. The maximum absolute atomic E-state index is 2.66. The molecule has 11 rings (SSSR count). The van der Waals surface area contributed by atoms with Crippen LogP contribution in [-0.4, -0.2) is 15.8 Å². The number of hydrogen-bond acceptors (Lipinski definition) is 0. The van der Waals surface area contributed by atoms with Crippen LogP contribution in [0.1, 0.15) is 55.5 Å². The van der Waals surface area contributed by atoms with E-state index >= 15 is 0 Å². The van der Waals surface area contributed by atoms with Crippen molar-refractivity contribution in [1.82, 2.24) is 9.13 Å². The minimum atomic E-state index is -0.0672. The van der Waals surface area contributed by atoms with Crippen molar-refractivity contribution in [3.8, 4) is 33.9 Å². The Labute approximate surface area is 257 Å². The van der Waals surface area contributed by atoms with Crippen LogP contribution in [0.25, 0.3) is 55.7 Å². The van der Waals surface area contributed by atoms with Gasteiger partial charge in [0.25, 0.3) is 6.71 Å². The minimum Gasteiger partial charge on any atom is -0.310 e. The van der Waals surface area contributed by atoms with Gasteiger partial charge in [-0.15, -0.1) is 0 Å². The molecule has 3 heteroatoms. The van der Waals surface area contributed by atoms with E-state index in [0.29, 0.717) is 0 Å². The summed E-state index contributed by atoms with van der Waals surface area (Å²) in [5, 5.41) is 2.80. The first-order valence-corrected chi connectivity index (χ1v) is 16.0. The van der Waals surface area contributed by atoms with Gasteiger partial charge in [0, 0.05) is 55.1 Å². The molecular weight excluding hydrogens is 531 g/mol. The summed E-state index contributed by atoms with van der Waals surface area (Å²) in [5.41, 5.74) is 22.3. The second-order valence-corrected chi connectivity index (χ2v) is 14.6. The Bertz CT molecular complexity index is 2350. The molecule has 0 bridgehead atoms. The van der Waals surface area contributed by atoms with E-state index in [4.69, 9.17) is 0 Å². The van der Waals surface area contributed by atoms with Gasteiger partial charge in [-0.1, -0.05) is 113 Å². The van der Waals surface area contributed by atoms with Crippen molar-refractivity contribution in [2.45, 2.75) is 45.4 Å². The average Bonchev–Trinajstić information content (AvgIpc) is 3.69. The monoisotopic (exact) mass is 562 g/mol. The maximum atomic E-state index is 2.66. The molecule has 208 valence electrons. The Balaban J connectivity index is 1.36. The fourth-order valence-electron chi connectivity index (χ4n) is 10.1. The zero-order valence-electron chi connectivity index (χ0n) is 25.7. The zero-order chi connectivity index (χ0) is 29.4. The summed E-state index contributed by atoms with van der Waals surface area (Å²) in [6, 6.07) is 37.3. The summed E-state index contributed by atoms with van der Waals surface area (Å²) in [4.78, 5) is 0. The van der Waals surface area contributed by atoms with Gasteiger partial charge < -0.3 is 9.13 Å². The first-order chi connectivity index (χ1) is 21.3. The van der Waals surface area contributed by atoms with Crippen molar-refractivity contribution < 1.29 is 0 Å². The second-order valence-electron chi connectivity index (χ2n) is 14.6. The number of rotatable bonds is 0. The van der Waals surface area contributed by atoms with Gasteiger partial charge in [0.2, 0.25) is 0 Å². The Morgan fingerprint density at radius 1 is 0.545 bits per heavy atom. The van der Waals surface area contributed by atoms with Gasteiger partial charge in [-0.2, -0.15) is 0 Å². The molecule has 0 spiro atoms. The van der Waals surface area contributed by atoms with Crippen LogP contribution < -0.4 is 16.4 Å². The van der Waals surface area contributed by atoms with Crippen molar-refractivity contribution in [2.75, 3.05) is 0 Å². The van der Waals surface area contributed by atoms with Crippen LogP contribution in [0.2, 0.25) is 0 Å². The fraction of sp³-hybridized carbons (Fsp3) is 0.171. The molecule has 2 aliphatic carbocycles. The van der Waals surface area contributed by atoms with E-state index in [9.17, 15) is 0 Å². The zero-order valence-corrected chi connectivity index (χ0v) is 25.7. The molecule has 4 heterocycles. The van der Waals surface area contributed by atoms with Crippen LogP contribution in [-0.2, 0) is 10.8 Å². The molecule has 2 aliphatic heterocycles. The minimum absolute atomic E-state index is 0.0672. The molecule has 0 fully saturated rings. The molecule has 2 nitrogen and oxygen atoms in total. The number of aryl methyl sites for hydroxylation is 1. The average molecular weight is 563 g/mol. The number of nitrogens with zero attached hydrogens (tertiary/aromatic N) is 2. The summed E-state index contributed by atoms with van der Waals surface area (Å²) >= 11 is 0. The number of hydrogen-bond donors (Lipinski definition) is 0. The highest BCUT2D eigenvalue weighted by atomic mass is 15.1. The molecule has 0 saturated heterocycles. The topological polar surface area (TPSA) is 9.86 Å². The van der Waals surface area contributed by atoms with Gasteiger partial charge in [-0.25, -0.2) is 0 Å². The van der Waals surface area contributed by atoms with Gasteiger partial charge >= 0.3 is 0 Å². The van der Waals surface area contributed by atoms with Gasteiger partial charge in [0.05, 0.1) is 11.4 Å². The van der Waals surface area contributed by atoms with Crippen LogP contribution in [0.3, 0.4) is 0 Å². The molecule has 2 aromatic heterocycles. The van der Waals surface area contributed by atoms with Crippen LogP contribution >= 0.6 is 0 Å².